The summed E-state index contributed by atoms with van der Waals surface area (Å²) in [4.78, 5) is 4.67. The summed E-state index contributed by atoms with van der Waals surface area (Å²) in [6.45, 7) is 2.57. The van der Waals surface area contributed by atoms with E-state index < -0.39 is 0 Å². The van der Waals surface area contributed by atoms with Crippen molar-refractivity contribution in [3.8, 4) is 22.4 Å². The van der Waals surface area contributed by atoms with Crippen molar-refractivity contribution in [2.24, 2.45) is 0 Å². The molecule has 0 radical (unpaired) electrons. The molecule has 0 amide bonds. The van der Waals surface area contributed by atoms with E-state index >= 15 is 0 Å². The van der Waals surface area contributed by atoms with Crippen LogP contribution in [0, 0.1) is 0 Å². The highest BCUT2D eigenvalue weighted by atomic mass is 14.7. The monoisotopic (exact) mass is 333 g/mol. The minimum atomic E-state index is 0.314. The second-order valence-electron chi connectivity index (χ2n) is 6.52. The Labute approximate surface area is 155 Å². The molecule has 124 valence electrons. The first-order valence-electron chi connectivity index (χ1n) is 8.98. The number of rotatable bonds is 4. The van der Waals surface area contributed by atoms with Gasteiger partial charge in [-0.1, -0.05) is 103 Å². The molecule has 0 aliphatic heterocycles. The Balaban J connectivity index is 1.78. The highest BCUT2D eigenvalue weighted by Crippen LogP contribution is 2.23. The van der Waals surface area contributed by atoms with E-state index in [0.717, 1.165) is 5.69 Å². The van der Waals surface area contributed by atoms with E-state index in [0.29, 0.717) is 6.71 Å². The summed E-state index contributed by atoms with van der Waals surface area (Å²) in [6.07, 6.45) is 1.90. The molecule has 0 aliphatic rings. The number of aromatic nitrogens is 1. The molecule has 4 rings (SSSR count). The van der Waals surface area contributed by atoms with Gasteiger partial charge in [0.25, 0.3) is 0 Å². The van der Waals surface area contributed by atoms with Gasteiger partial charge in [0.05, 0.1) is 5.69 Å². The average Bonchev–Trinajstić information content (AvgIpc) is 2.74. The highest BCUT2D eigenvalue weighted by Gasteiger charge is 2.17. The predicted molar refractivity (Wildman–Crippen MR) is 112 cm³/mol. The molecule has 0 atom stereocenters. The van der Waals surface area contributed by atoms with Gasteiger partial charge in [-0.2, -0.15) is 0 Å². The molecule has 0 bridgehead atoms. The molecular formula is C24H20BN. The summed E-state index contributed by atoms with van der Waals surface area (Å²) in [6, 6.07) is 33.9. The lowest BCUT2D eigenvalue weighted by Crippen LogP contribution is -2.40. The van der Waals surface area contributed by atoms with Crippen LogP contribution < -0.4 is 10.9 Å². The van der Waals surface area contributed by atoms with Crippen molar-refractivity contribution in [1.29, 1.82) is 0 Å². The van der Waals surface area contributed by atoms with Crippen molar-refractivity contribution in [1.82, 2.24) is 4.98 Å². The molecule has 26 heavy (non-hydrogen) atoms. The molecule has 1 nitrogen and oxygen atoms in total. The van der Waals surface area contributed by atoms with E-state index in [-0.39, 0.29) is 0 Å². The number of benzene rings is 3. The minimum absolute atomic E-state index is 0.314. The van der Waals surface area contributed by atoms with Crippen molar-refractivity contribution in [3.05, 3.63) is 103 Å². The average molecular weight is 333 g/mol. The van der Waals surface area contributed by atoms with Crippen LogP contribution in [0.3, 0.4) is 0 Å². The molecule has 0 aliphatic carbocycles. The summed E-state index contributed by atoms with van der Waals surface area (Å²) in [7, 11) is 0. The Bertz CT molecular complexity index is 997. The van der Waals surface area contributed by atoms with Gasteiger partial charge in [-0.3, -0.25) is 4.98 Å². The predicted octanol–water partition coefficient (Wildman–Crippen LogP) is 4.65. The second kappa shape index (κ2) is 7.41. The Kier molecular flexibility index (Phi) is 4.66. The van der Waals surface area contributed by atoms with Crippen LogP contribution in [0.1, 0.15) is 0 Å². The van der Waals surface area contributed by atoms with Crippen LogP contribution >= 0.6 is 0 Å². The normalized spacial score (nSPS) is 10.5. The third kappa shape index (κ3) is 3.31. The Morgan fingerprint density at radius 3 is 2.08 bits per heavy atom. The topological polar surface area (TPSA) is 12.9 Å². The lowest BCUT2D eigenvalue weighted by atomic mass is 9.41. The molecule has 0 saturated heterocycles. The van der Waals surface area contributed by atoms with Crippen molar-refractivity contribution in [2.75, 3.05) is 0 Å². The van der Waals surface area contributed by atoms with E-state index in [1.54, 1.807) is 0 Å². The molecule has 0 spiro atoms. The molecule has 0 unspecified atom stereocenters. The molecule has 0 saturated carbocycles. The van der Waals surface area contributed by atoms with Crippen molar-refractivity contribution < 1.29 is 0 Å². The third-order valence-electron chi connectivity index (χ3n) is 4.87. The van der Waals surface area contributed by atoms with E-state index in [2.05, 4.69) is 103 Å². The number of hydrogen-bond acceptors (Lipinski definition) is 1. The first-order valence-corrected chi connectivity index (χ1v) is 8.98. The van der Waals surface area contributed by atoms with Gasteiger partial charge in [-0.25, -0.2) is 0 Å². The highest BCUT2D eigenvalue weighted by molar-refractivity contribution is 6.85. The fourth-order valence-electron chi connectivity index (χ4n) is 3.42. The Morgan fingerprint density at radius 1 is 0.654 bits per heavy atom. The fourth-order valence-corrected chi connectivity index (χ4v) is 3.42. The summed E-state index contributed by atoms with van der Waals surface area (Å²) >= 11 is 0. The molecule has 2 heteroatoms. The van der Waals surface area contributed by atoms with Crippen LogP contribution in [-0.2, 0) is 0 Å². The number of hydrogen-bond donors (Lipinski definition) is 0. The van der Waals surface area contributed by atoms with Gasteiger partial charge >= 0.3 is 0 Å². The van der Waals surface area contributed by atoms with Crippen molar-refractivity contribution in [3.63, 3.8) is 0 Å². The first-order chi connectivity index (χ1) is 12.8. The van der Waals surface area contributed by atoms with Crippen LogP contribution in [0.15, 0.2) is 103 Å². The SMILES string of the molecule is CB(c1ccccc1)c1ccccc1-c1cc(-c2ccccc2)ccn1. The maximum Gasteiger partial charge on any atom is 0.207 e. The van der Waals surface area contributed by atoms with E-state index in [4.69, 9.17) is 0 Å². The summed E-state index contributed by atoms with van der Waals surface area (Å²) < 4.78 is 0. The zero-order valence-electron chi connectivity index (χ0n) is 14.8. The van der Waals surface area contributed by atoms with E-state index in [1.807, 2.05) is 12.3 Å². The second-order valence-corrected chi connectivity index (χ2v) is 6.52. The minimum Gasteiger partial charge on any atom is -0.256 e. The van der Waals surface area contributed by atoms with Crippen LogP contribution in [0.4, 0.5) is 0 Å². The van der Waals surface area contributed by atoms with Gasteiger partial charge in [0, 0.05) is 6.20 Å². The Morgan fingerprint density at radius 2 is 1.31 bits per heavy atom. The molecule has 1 aromatic heterocycles. The smallest absolute Gasteiger partial charge is 0.207 e. The van der Waals surface area contributed by atoms with Gasteiger partial charge < -0.3 is 0 Å². The van der Waals surface area contributed by atoms with E-state index in [9.17, 15) is 0 Å². The quantitative estimate of drug-likeness (QED) is 0.495. The molecule has 1 heterocycles. The summed E-state index contributed by atoms with van der Waals surface area (Å²) in [5, 5.41) is 0. The molecule has 0 fully saturated rings. The lowest BCUT2D eigenvalue weighted by molar-refractivity contribution is 1.33. The largest absolute Gasteiger partial charge is 0.256 e. The Hall–Kier alpha value is -3.13. The number of nitrogens with zero attached hydrogens (tertiary/aromatic N) is 1. The van der Waals surface area contributed by atoms with Gasteiger partial charge in [0.15, 0.2) is 0 Å². The van der Waals surface area contributed by atoms with Crippen molar-refractivity contribution in [2.45, 2.75) is 6.82 Å². The van der Waals surface area contributed by atoms with Crippen molar-refractivity contribution >= 4 is 17.6 Å². The molecule has 0 N–H and O–H groups in total. The zero-order chi connectivity index (χ0) is 17.8. The summed E-state index contributed by atoms with van der Waals surface area (Å²) in [5.74, 6) is 0. The maximum absolute atomic E-state index is 4.67. The van der Waals surface area contributed by atoms with Crippen LogP contribution in [0.2, 0.25) is 6.82 Å². The van der Waals surface area contributed by atoms with Gasteiger partial charge in [0.1, 0.15) is 0 Å². The third-order valence-corrected chi connectivity index (χ3v) is 4.87. The van der Waals surface area contributed by atoms with Crippen LogP contribution in [0.25, 0.3) is 22.4 Å². The zero-order valence-corrected chi connectivity index (χ0v) is 14.8. The van der Waals surface area contributed by atoms with Crippen LogP contribution in [-0.4, -0.2) is 11.7 Å². The standard InChI is InChI=1S/C24H20BN/c1-25(21-12-6-3-7-13-21)23-15-9-8-14-22(23)24-18-20(16-17-26-24)19-10-4-2-5-11-19/h2-18H,1H3. The molecule has 3 aromatic carbocycles. The van der Waals surface area contributed by atoms with E-state index in [1.165, 1.54) is 27.6 Å². The molecule has 4 aromatic rings. The number of pyridine rings is 1. The van der Waals surface area contributed by atoms with Gasteiger partial charge in [-0.15, -0.1) is 0 Å². The first kappa shape index (κ1) is 16.3. The molecular weight excluding hydrogens is 313 g/mol. The van der Waals surface area contributed by atoms with Crippen LogP contribution in [0.5, 0.6) is 0 Å². The maximum atomic E-state index is 4.67. The van der Waals surface area contributed by atoms with Gasteiger partial charge in [0.2, 0.25) is 6.71 Å². The summed E-state index contributed by atoms with van der Waals surface area (Å²) in [5.41, 5.74) is 7.24. The fraction of sp³-hybridized carbons (Fsp3) is 0.0417. The lowest BCUT2D eigenvalue weighted by Gasteiger charge is -2.15. The van der Waals surface area contributed by atoms with Gasteiger partial charge in [-0.05, 0) is 28.8 Å².